The van der Waals surface area contributed by atoms with Gasteiger partial charge in [-0.1, -0.05) is 0 Å². The number of rotatable bonds is 6. The summed E-state index contributed by atoms with van der Waals surface area (Å²) in [5.74, 6) is -1.15. The summed E-state index contributed by atoms with van der Waals surface area (Å²) in [5.41, 5.74) is 7.06. The monoisotopic (exact) mass is 445 g/mol. The zero-order valence-electron chi connectivity index (χ0n) is 15.9. The average Bonchev–Trinajstić information content (AvgIpc) is 3.13. The number of allylic oxidation sites excluding steroid dienone is 1. The van der Waals surface area contributed by atoms with Crippen LogP contribution < -0.4 is 10.2 Å². The first-order valence-electron chi connectivity index (χ1n) is 8.93. The molecule has 0 saturated heterocycles. The van der Waals surface area contributed by atoms with Gasteiger partial charge in [0.25, 0.3) is 0 Å². The summed E-state index contributed by atoms with van der Waals surface area (Å²) < 4.78 is 11.2. The number of methoxy groups -OCH3 is 2. The summed E-state index contributed by atoms with van der Waals surface area (Å²) >= 11 is 0.202. The van der Waals surface area contributed by atoms with Crippen LogP contribution in [0.4, 0.5) is 5.69 Å². The Kier molecular flexibility index (Phi) is 6.22. The zero-order chi connectivity index (χ0) is 20.1. The van der Waals surface area contributed by atoms with E-state index in [1.807, 2.05) is 42.5 Å². The number of nitrogens with two attached hydrogens (primary N) is 1. The molecule has 0 fully saturated rings. The van der Waals surface area contributed by atoms with Crippen molar-refractivity contribution >= 4 is 42.6 Å². The van der Waals surface area contributed by atoms with Gasteiger partial charge >= 0.3 is 171 Å². The van der Waals surface area contributed by atoms with Gasteiger partial charge in [-0.3, -0.25) is 0 Å². The quantitative estimate of drug-likeness (QED) is 0.321. The van der Waals surface area contributed by atoms with Gasteiger partial charge in [0, 0.05) is 0 Å². The third-order valence-corrected chi connectivity index (χ3v) is 7.39. The molecule has 0 heterocycles. The molecular weight excluding hydrogens is 421 g/mol. The molecular formula is C22H23NO4Se. The van der Waals surface area contributed by atoms with Gasteiger partial charge in [0.2, 0.25) is 0 Å². The van der Waals surface area contributed by atoms with Crippen LogP contribution in [0.15, 0.2) is 60.7 Å². The van der Waals surface area contributed by atoms with Crippen molar-refractivity contribution in [3.05, 3.63) is 66.2 Å². The zero-order valence-corrected chi connectivity index (χ0v) is 17.6. The average molecular weight is 444 g/mol. The van der Waals surface area contributed by atoms with Crippen molar-refractivity contribution in [2.24, 2.45) is 11.3 Å². The van der Waals surface area contributed by atoms with E-state index in [4.69, 9.17) is 15.2 Å². The normalized spacial score (nSPS) is 17.6. The van der Waals surface area contributed by atoms with Crippen molar-refractivity contribution in [1.82, 2.24) is 0 Å². The van der Waals surface area contributed by atoms with Crippen LogP contribution in [0.2, 0.25) is 5.32 Å². The Hall–Kier alpha value is -2.56. The molecule has 2 aromatic carbocycles. The second-order valence-corrected chi connectivity index (χ2v) is 9.00. The number of ether oxygens (including phenoxy) is 2. The first-order chi connectivity index (χ1) is 13.5. The van der Waals surface area contributed by atoms with Crippen LogP contribution >= 0.6 is 0 Å². The molecule has 1 atom stereocenters. The van der Waals surface area contributed by atoms with Crippen molar-refractivity contribution in [3.63, 3.8) is 0 Å². The molecule has 3 rings (SSSR count). The predicted octanol–water partition coefficient (Wildman–Crippen LogP) is 2.45. The predicted molar refractivity (Wildman–Crippen MR) is 110 cm³/mol. The van der Waals surface area contributed by atoms with E-state index in [0.717, 1.165) is 16.5 Å². The van der Waals surface area contributed by atoms with E-state index < -0.39 is 17.4 Å². The fourth-order valence-corrected chi connectivity index (χ4v) is 5.76. The van der Waals surface area contributed by atoms with Gasteiger partial charge in [-0.15, -0.1) is 0 Å². The molecule has 1 aliphatic carbocycles. The van der Waals surface area contributed by atoms with Gasteiger partial charge < -0.3 is 0 Å². The molecule has 0 aromatic heterocycles. The first kappa shape index (κ1) is 20.2. The Balaban J connectivity index is 1.99. The first-order valence-corrected chi connectivity index (χ1v) is 11.0. The Morgan fingerprint density at radius 1 is 1.07 bits per heavy atom. The minimum absolute atomic E-state index is 0.0280. The maximum absolute atomic E-state index is 12.6. The number of carbonyl (C=O) groups is 2. The number of hydrogen-bond donors (Lipinski definition) is 1. The summed E-state index contributed by atoms with van der Waals surface area (Å²) in [4.78, 5) is 25.2. The van der Waals surface area contributed by atoms with Crippen LogP contribution in [0.5, 0.6) is 0 Å². The number of anilines is 1. The van der Waals surface area contributed by atoms with Gasteiger partial charge in [-0.25, -0.2) is 0 Å². The third-order valence-electron chi connectivity index (χ3n) is 4.92. The Morgan fingerprint density at radius 2 is 1.75 bits per heavy atom. The molecule has 28 heavy (non-hydrogen) atoms. The Labute approximate surface area is 171 Å². The summed E-state index contributed by atoms with van der Waals surface area (Å²) in [6, 6.07) is 17.8. The van der Waals surface area contributed by atoms with Crippen LogP contribution in [0.1, 0.15) is 12.0 Å². The maximum atomic E-state index is 12.6. The van der Waals surface area contributed by atoms with Crippen LogP contribution in [-0.4, -0.2) is 41.1 Å². The van der Waals surface area contributed by atoms with Crippen molar-refractivity contribution in [3.8, 4) is 0 Å². The SMILES string of the molecule is COC(=O)C1(C(=O)OC)C=C(c2cccc(N)c2)C(C[Se]c2ccccc2)C1. The summed E-state index contributed by atoms with van der Waals surface area (Å²) in [5, 5.41) is 0.855. The molecule has 146 valence electrons. The van der Waals surface area contributed by atoms with E-state index in [-0.39, 0.29) is 20.9 Å². The van der Waals surface area contributed by atoms with Crippen molar-refractivity contribution in [2.75, 3.05) is 20.0 Å². The van der Waals surface area contributed by atoms with E-state index in [0.29, 0.717) is 12.1 Å². The van der Waals surface area contributed by atoms with Crippen LogP contribution in [-0.2, 0) is 19.1 Å². The summed E-state index contributed by atoms with van der Waals surface area (Å²) in [7, 11) is 2.59. The van der Waals surface area contributed by atoms with Gasteiger partial charge in [0.05, 0.1) is 0 Å². The Bertz CT molecular complexity index is 878. The van der Waals surface area contributed by atoms with Crippen molar-refractivity contribution < 1.29 is 19.1 Å². The minimum atomic E-state index is -1.42. The van der Waals surface area contributed by atoms with Crippen LogP contribution in [0.3, 0.4) is 0 Å². The number of hydrogen-bond acceptors (Lipinski definition) is 5. The van der Waals surface area contributed by atoms with E-state index in [9.17, 15) is 9.59 Å². The molecule has 0 bridgehead atoms. The van der Waals surface area contributed by atoms with Gasteiger partial charge in [0.15, 0.2) is 0 Å². The molecule has 2 aromatic rings. The van der Waals surface area contributed by atoms with Gasteiger partial charge in [-0.2, -0.15) is 0 Å². The third kappa shape index (κ3) is 3.98. The van der Waals surface area contributed by atoms with E-state index in [2.05, 4.69) is 12.1 Å². The number of benzene rings is 2. The molecule has 0 spiro atoms. The fourth-order valence-electron chi connectivity index (χ4n) is 3.57. The standard InChI is InChI=1S/C22H23NO4Se/c1-26-20(24)22(21(25)27-2)12-16(14-28-18-9-4-3-5-10-18)19(13-22)15-7-6-8-17(23)11-15/h3-11,13,16H,12,14,23H2,1-2H3. The summed E-state index contributed by atoms with van der Waals surface area (Å²) in [6.07, 6.45) is 2.07. The van der Waals surface area contributed by atoms with Crippen molar-refractivity contribution in [2.45, 2.75) is 11.7 Å². The molecule has 1 unspecified atom stereocenters. The topological polar surface area (TPSA) is 78.6 Å². The second kappa shape index (κ2) is 8.63. The van der Waals surface area contributed by atoms with E-state index in [1.165, 1.54) is 18.7 Å². The van der Waals surface area contributed by atoms with Crippen molar-refractivity contribution in [1.29, 1.82) is 0 Å². The molecule has 2 N–H and O–H groups in total. The molecule has 5 nitrogen and oxygen atoms in total. The number of nitrogen functional groups attached to an aromatic ring is 1. The Morgan fingerprint density at radius 3 is 2.36 bits per heavy atom. The van der Waals surface area contributed by atoms with Crippen LogP contribution in [0, 0.1) is 11.3 Å². The molecule has 1 aliphatic rings. The molecule has 6 heteroatoms. The van der Waals surface area contributed by atoms with Gasteiger partial charge in [-0.05, 0) is 0 Å². The molecule has 0 saturated carbocycles. The van der Waals surface area contributed by atoms with Crippen LogP contribution in [0.25, 0.3) is 5.57 Å². The number of carbonyl (C=O) groups excluding carboxylic acids is 2. The van der Waals surface area contributed by atoms with E-state index in [1.54, 1.807) is 6.08 Å². The summed E-state index contributed by atoms with van der Waals surface area (Å²) in [6.45, 7) is 0. The molecule has 0 amide bonds. The fraction of sp³-hybridized carbons (Fsp3) is 0.273. The molecule has 0 radical (unpaired) electrons. The van der Waals surface area contributed by atoms with E-state index >= 15 is 0 Å². The number of esters is 2. The van der Waals surface area contributed by atoms with Gasteiger partial charge in [0.1, 0.15) is 0 Å². The molecule has 0 aliphatic heterocycles. The second-order valence-electron chi connectivity index (χ2n) is 6.70.